The highest BCUT2D eigenvalue weighted by molar-refractivity contribution is 6.35. The van der Waals surface area contributed by atoms with Crippen molar-refractivity contribution in [2.24, 2.45) is 11.7 Å². The number of nitrogens with one attached hydrogen (secondary N) is 1. The summed E-state index contributed by atoms with van der Waals surface area (Å²) in [6.07, 6.45) is 5.30. The molecule has 1 atom stereocenters. The Bertz CT molecular complexity index is 557. The van der Waals surface area contributed by atoms with E-state index in [1.807, 2.05) is 0 Å². The van der Waals surface area contributed by atoms with Crippen molar-refractivity contribution in [3.63, 3.8) is 0 Å². The summed E-state index contributed by atoms with van der Waals surface area (Å²) >= 11 is 12.0. The van der Waals surface area contributed by atoms with Gasteiger partial charge in [0.25, 0.3) is 0 Å². The molecule has 0 saturated heterocycles. The van der Waals surface area contributed by atoms with E-state index in [9.17, 15) is 9.59 Å². The molecule has 0 radical (unpaired) electrons. The number of hydrogen-bond acceptors (Lipinski definition) is 2. The Morgan fingerprint density at radius 2 is 1.91 bits per heavy atom. The Kier molecular flexibility index (Phi) is 6.09. The first-order chi connectivity index (χ1) is 10.5. The third-order valence-corrected chi connectivity index (χ3v) is 4.66. The second-order valence-electron chi connectivity index (χ2n) is 5.74. The average Bonchev–Trinajstić information content (AvgIpc) is 2.49. The highest BCUT2D eigenvalue weighted by atomic mass is 35.5. The maximum atomic E-state index is 12.3. The maximum Gasteiger partial charge on any atom is 0.240 e. The minimum absolute atomic E-state index is 0.0173. The molecule has 1 aromatic carbocycles. The third kappa shape index (κ3) is 4.62. The van der Waals surface area contributed by atoms with Gasteiger partial charge in [0.2, 0.25) is 11.8 Å². The van der Waals surface area contributed by atoms with Crippen molar-refractivity contribution in [2.75, 3.05) is 0 Å². The molecule has 0 aromatic heterocycles. The second kappa shape index (κ2) is 7.84. The SMILES string of the molecule is NC(=O)[C@H](Cc1ccc(Cl)cc1Cl)NC(=O)C1CCCCC1. The maximum absolute atomic E-state index is 12.3. The molecule has 4 nitrogen and oxygen atoms in total. The van der Waals surface area contributed by atoms with Crippen LogP contribution in [0.15, 0.2) is 18.2 Å². The van der Waals surface area contributed by atoms with Gasteiger partial charge in [-0.1, -0.05) is 48.5 Å². The Hall–Kier alpha value is -1.26. The molecular weight excluding hydrogens is 323 g/mol. The monoisotopic (exact) mass is 342 g/mol. The van der Waals surface area contributed by atoms with Gasteiger partial charge in [0.1, 0.15) is 6.04 Å². The molecule has 1 saturated carbocycles. The van der Waals surface area contributed by atoms with Crippen LogP contribution in [0.2, 0.25) is 10.0 Å². The summed E-state index contributed by atoms with van der Waals surface area (Å²) in [5.41, 5.74) is 6.15. The molecule has 22 heavy (non-hydrogen) atoms. The molecular formula is C16H20Cl2N2O2. The van der Waals surface area contributed by atoms with E-state index in [2.05, 4.69) is 5.32 Å². The predicted molar refractivity (Wildman–Crippen MR) is 87.9 cm³/mol. The van der Waals surface area contributed by atoms with Crippen LogP contribution in [0.3, 0.4) is 0 Å². The fraction of sp³-hybridized carbons (Fsp3) is 0.500. The fourth-order valence-electron chi connectivity index (χ4n) is 2.78. The normalized spacial score (nSPS) is 17.0. The molecule has 3 N–H and O–H groups in total. The smallest absolute Gasteiger partial charge is 0.240 e. The summed E-state index contributed by atoms with van der Waals surface area (Å²) in [6, 6.07) is 4.30. The summed E-state index contributed by atoms with van der Waals surface area (Å²) in [7, 11) is 0. The quantitative estimate of drug-likeness (QED) is 0.862. The first-order valence-corrected chi connectivity index (χ1v) is 8.26. The minimum atomic E-state index is -0.756. The van der Waals surface area contributed by atoms with Gasteiger partial charge in [-0.05, 0) is 30.5 Å². The Morgan fingerprint density at radius 3 is 2.50 bits per heavy atom. The van der Waals surface area contributed by atoms with Gasteiger partial charge in [0, 0.05) is 22.4 Å². The van der Waals surface area contributed by atoms with E-state index in [4.69, 9.17) is 28.9 Å². The molecule has 0 unspecified atom stereocenters. The zero-order valence-electron chi connectivity index (χ0n) is 12.3. The molecule has 120 valence electrons. The van der Waals surface area contributed by atoms with Crippen molar-refractivity contribution >= 4 is 35.0 Å². The van der Waals surface area contributed by atoms with Crippen LogP contribution in [0.5, 0.6) is 0 Å². The minimum Gasteiger partial charge on any atom is -0.368 e. The average molecular weight is 343 g/mol. The Morgan fingerprint density at radius 1 is 1.23 bits per heavy atom. The van der Waals surface area contributed by atoms with E-state index in [-0.39, 0.29) is 18.2 Å². The first kappa shape index (κ1) is 17.1. The van der Waals surface area contributed by atoms with Crippen molar-refractivity contribution in [1.29, 1.82) is 0 Å². The van der Waals surface area contributed by atoms with Crippen LogP contribution in [0.1, 0.15) is 37.7 Å². The lowest BCUT2D eigenvalue weighted by Crippen LogP contribution is -2.48. The van der Waals surface area contributed by atoms with Crippen LogP contribution in [0, 0.1) is 5.92 Å². The third-order valence-electron chi connectivity index (χ3n) is 4.08. The van der Waals surface area contributed by atoms with Crippen LogP contribution in [0.4, 0.5) is 0 Å². The summed E-state index contributed by atoms with van der Waals surface area (Å²) < 4.78 is 0. The molecule has 0 heterocycles. The number of hydrogen-bond donors (Lipinski definition) is 2. The Balaban J connectivity index is 2.03. The van der Waals surface area contributed by atoms with Crippen molar-refractivity contribution in [3.8, 4) is 0 Å². The number of carbonyl (C=O) groups excluding carboxylic acids is 2. The summed E-state index contributed by atoms with van der Waals surface area (Å²) in [5.74, 6) is -0.667. The highest BCUT2D eigenvalue weighted by Gasteiger charge is 2.26. The number of amides is 2. The summed E-state index contributed by atoms with van der Waals surface area (Å²) in [6.45, 7) is 0. The number of benzene rings is 1. The summed E-state index contributed by atoms with van der Waals surface area (Å²) in [5, 5.41) is 3.76. The predicted octanol–water partition coefficient (Wildman–Crippen LogP) is 3.09. The lowest BCUT2D eigenvalue weighted by atomic mass is 9.88. The van der Waals surface area contributed by atoms with Gasteiger partial charge in [-0.15, -0.1) is 0 Å². The van der Waals surface area contributed by atoms with Gasteiger partial charge in [-0.3, -0.25) is 9.59 Å². The number of rotatable bonds is 5. The van der Waals surface area contributed by atoms with Gasteiger partial charge >= 0.3 is 0 Å². The molecule has 6 heteroatoms. The zero-order chi connectivity index (χ0) is 16.1. The van der Waals surface area contributed by atoms with Crippen molar-refractivity contribution in [3.05, 3.63) is 33.8 Å². The van der Waals surface area contributed by atoms with Gasteiger partial charge < -0.3 is 11.1 Å². The number of primary amides is 1. The number of nitrogens with two attached hydrogens (primary N) is 1. The summed E-state index contributed by atoms with van der Waals surface area (Å²) in [4.78, 5) is 23.9. The molecule has 1 fully saturated rings. The molecule has 1 aliphatic carbocycles. The molecule has 1 aromatic rings. The lowest BCUT2D eigenvalue weighted by molar-refractivity contribution is -0.130. The fourth-order valence-corrected chi connectivity index (χ4v) is 3.27. The number of carbonyl (C=O) groups is 2. The molecule has 2 rings (SSSR count). The Labute approximate surface area is 140 Å². The van der Waals surface area contributed by atoms with Crippen LogP contribution in [-0.2, 0) is 16.0 Å². The van der Waals surface area contributed by atoms with Crippen LogP contribution >= 0.6 is 23.2 Å². The van der Waals surface area contributed by atoms with E-state index in [1.54, 1.807) is 18.2 Å². The topological polar surface area (TPSA) is 72.2 Å². The van der Waals surface area contributed by atoms with Crippen LogP contribution < -0.4 is 11.1 Å². The lowest BCUT2D eigenvalue weighted by Gasteiger charge is -2.24. The molecule has 0 spiro atoms. The zero-order valence-corrected chi connectivity index (χ0v) is 13.8. The van der Waals surface area contributed by atoms with Gasteiger partial charge in [0.15, 0.2) is 0 Å². The van der Waals surface area contributed by atoms with Gasteiger partial charge in [0.05, 0.1) is 0 Å². The molecule has 0 aliphatic heterocycles. The van der Waals surface area contributed by atoms with Crippen molar-refractivity contribution in [2.45, 2.75) is 44.6 Å². The van der Waals surface area contributed by atoms with E-state index < -0.39 is 11.9 Å². The number of halogens is 2. The van der Waals surface area contributed by atoms with Crippen LogP contribution in [0.25, 0.3) is 0 Å². The first-order valence-electron chi connectivity index (χ1n) is 7.51. The van der Waals surface area contributed by atoms with Gasteiger partial charge in [-0.25, -0.2) is 0 Å². The molecule has 0 bridgehead atoms. The van der Waals surface area contributed by atoms with E-state index >= 15 is 0 Å². The van der Waals surface area contributed by atoms with Crippen molar-refractivity contribution < 1.29 is 9.59 Å². The van der Waals surface area contributed by atoms with E-state index in [0.717, 1.165) is 31.2 Å². The molecule has 2 amide bonds. The van der Waals surface area contributed by atoms with Crippen molar-refractivity contribution in [1.82, 2.24) is 5.32 Å². The second-order valence-corrected chi connectivity index (χ2v) is 6.58. The highest BCUT2D eigenvalue weighted by Crippen LogP contribution is 2.25. The molecule has 1 aliphatic rings. The largest absolute Gasteiger partial charge is 0.368 e. The van der Waals surface area contributed by atoms with E-state index in [1.165, 1.54) is 6.42 Å². The van der Waals surface area contributed by atoms with E-state index in [0.29, 0.717) is 10.0 Å². The van der Waals surface area contributed by atoms with Crippen LogP contribution in [-0.4, -0.2) is 17.9 Å². The standard InChI is InChI=1S/C16H20Cl2N2O2/c17-12-7-6-11(13(18)9-12)8-14(15(19)21)20-16(22)10-4-2-1-3-5-10/h6-7,9-10,14H,1-5,8H2,(H2,19,21)(H,20,22)/t14-/m0/s1. The van der Waals surface area contributed by atoms with Gasteiger partial charge in [-0.2, -0.15) is 0 Å².